The number of halogens is 2. The molecular weight excluding hydrogens is 531 g/mol. The van der Waals surface area contributed by atoms with Gasteiger partial charge >= 0.3 is 0 Å². The summed E-state index contributed by atoms with van der Waals surface area (Å²) in [6, 6.07) is 22.2. The van der Waals surface area contributed by atoms with Crippen LogP contribution in [0.15, 0.2) is 106 Å². The standard InChI is InChI=1S/C24H18Cl2N2O5S2/c25-18-12-7-13-21(24(18)26)33-22-14-19(27)20(28-35(31,32)17-10-5-2-6-11-17)15-23(22)34(29,30)16-8-3-1-4-9-16/h1-15,28H,27H2. The number of rotatable bonds is 7. The molecule has 0 spiro atoms. The maximum absolute atomic E-state index is 13.5. The summed E-state index contributed by atoms with van der Waals surface area (Å²) in [5.41, 5.74) is 5.92. The minimum atomic E-state index is -4.16. The van der Waals surface area contributed by atoms with Crippen molar-refractivity contribution in [2.45, 2.75) is 14.7 Å². The highest BCUT2D eigenvalue weighted by atomic mass is 35.5. The third kappa shape index (κ3) is 5.23. The van der Waals surface area contributed by atoms with Gasteiger partial charge in [-0.2, -0.15) is 0 Å². The summed E-state index contributed by atoms with van der Waals surface area (Å²) in [5.74, 6) is -0.0566. The van der Waals surface area contributed by atoms with Crippen molar-refractivity contribution < 1.29 is 21.6 Å². The molecule has 11 heteroatoms. The third-order valence-electron chi connectivity index (χ3n) is 4.89. The number of anilines is 2. The first-order valence-electron chi connectivity index (χ1n) is 10.0. The van der Waals surface area contributed by atoms with Crippen LogP contribution in [0.2, 0.25) is 10.0 Å². The van der Waals surface area contributed by atoms with Gasteiger partial charge in [-0.1, -0.05) is 65.7 Å². The minimum absolute atomic E-state index is 0.0158. The number of hydrogen-bond donors (Lipinski definition) is 2. The molecule has 0 heterocycles. The number of nitrogen functional groups attached to an aromatic ring is 1. The number of hydrogen-bond acceptors (Lipinski definition) is 6. The molecule has 0 unspecified atom stereocenters. The summed E-state index contributed by atoms with van der Waals surface area (Å²) in [5, 5.41) is 0.279. The van der Waals surface area contributed by atoms with E-state index in [2.05, 4.69) is 4.72 Å². The van der Waals surface area contributed by atoms with Crippen LogP contribution in [-0.2, 0) is 19.9 Å². The van der Waals surface area contributed by atoms with E-state index in [9.17, 15) is 16.8 Å². The van der Waals surface area contributed by atoms with Crippen molar-refractivity contribution in [3.05, 3.63) is 101 Å². The number of benzene rings is 4. The van der Waals surface area contributed by atoms with Crippen LogP contribution in [0.3, 0.4) is 0 Å². The second kappa shape index (κ2) is 9.79. The predicted molar refractivity (Wildman–Crippen MR) is 137 cm³/mol. The summed E-state index contributed by atoms with van der Waals surface area (Å²) in [6.07, 6.45) is 0. The number of nitrogens with two attached hydrogens (primary N) is 1. The molecule has 4 aromatic carbocycles. The lowest BCUT2D eigenvalue weighted by molar-refractivity contribution is 0.468. The van der Waals surface area contributed by atoms with Crippen LogP contribution in [0.4, 0.5) is 11.4 Å². The Kier molecular flexibility index (Phi) is 6.95. The number of ether oxygens (including phenoxy) is 1. The number of sulfonamides is 1. The molecule has 35 heavy (non-hydrogen) atoms. The van der Waals surface area contributed by atoms with Gasteiger partial charge in [0.05, 0.1) is 26.2 Å². The summed E-state index contributed by atoms with van der Waals surface area (Å²) in [4.78, 5) is -0.360. The van der Waals surface area contributed by atoms with E-state index in [4.69, 9.17) is 33.7 Å². The van der Waals surface area contributed by atoms with Crippen LogP contribution in [0.5, 0.6) is 11.5 Å². The fourth-order valence-corrected chi connectivity index (χ4v) is 6.00. The van der Waals surface area contributed by atoms with Crippen LogP contribution in [0, 0.1) is 0 Å². The molecule has 0 bridgehead atoms. The molecule has 0 amide bonds. The van der Waals surface area contributed by atoms with E-state index in [0.29, 0.717) is 0 Å². The summed E-state index contributed by atoms with van der Waals surface area (Å²) in [6.45, 7) is 0. The van der Waals surface area contributed by atoms with Gasteiger partial charge in [0.25, 0.3) is 10.0 Å². The van der Waals surface area contributed by atoms with Crippen molar-refractivity contribution in [3.8, 4) is 11.5 Å². The molecule has 180 valence electrons. The Morgan fingerprint density at radius 3 is 1.94 bits per heavy atom. The fraction of sp³-hybridized carbons (Fsp3) is 0. The molecule has 3 N–H and O–H groups in total. The van der Waals surface area contributed by atoms with Gasteiger partial charge in [-0.05, 0) is 42.5 Å². The molecule has 0 aliphatic carbocycles. The lowest BCUT2D eigenvalue weighted by atomic mass is 10.2. The van der Waals surface area contributed by atoms with Gasteiger partial charge in [-0.25, -0.2) is 16.8 Å². The smallest absolute Gasteiger partial charge is 0.261 e. The topological polar surface area (TPSA) is 116 Å². The van der Waals surface area contributed by atoms with E-state index < -0.39 is 19.9 Å². The molecule has 0 saturated carbocycles. The van der Waals surface area contributed by atoms with Crippen molar-refractivity contribution in [2.75, 3.05) is 10.5 Å². The van der Waals surface area contributed by atoms with Crippen molar-refractivity contribution in [1.82, 2.24) is 0 Å². The van der Waals surface area contributed by atoms with Gasteiger partial charge in [-0.15, -0.1) is 0 Å². The molecule has 4 rings (SSSR count). The Morgan fingerprint density at radius 2 is 1.31 bits per heavy atom. The monoisotopic (exact) mass is 548 g/mol. The average Bonchev–Trinajstić information content (AvgIpc) is 2.84. The predicted octanol–water partition coefficient (Wildman–Crippen LogP) is 6.00. The Hall–Kier alpha value is -3.24. The molecule has 0 fully saturated rings. The van der Waals surface area contributed by atoms with E-state index >= 15 is 0 Å². The molecule has 0 radical (unpaired) electrons. The highest BCUT2D eigenvalue weighted by Crippen LogP contribution is 2.41. The first-order chi connectivity index (χ1) is 16.6. The average molecular weight is 549 g/mol. The van der Waals surface area contributed by atoms with Crippen LogP contribution in [0.25, 0.3) is 0 Å². The van der Waals surface area contributed by atoms with E-state index in [1.165, 1.54) is 36.4 Å². The van der Waals surface area contributed by atoms with Gasteiger partial charge in [-0.3, -0.25) is 4.72 Å². The van der Waals surface area contributed by atoms with Crippen LogP contribution >= 0.6 is 23.2 Å². The SMILES string of the molecule is Nc1cc(Oc2cccc(Cl)c2Cl)c(S(=O)(=O)c2ccccc2)cc1NS(=O)(=O)c1ccccc1. The van der Waals surface area contributed by atoms with Gasteiger partial charge < -0.3 is 10.5 Å². The van der Waals surface area contributed by atoms with Crippen molar-refractivity contribution in [2.24, 2.45) is 0 Å². The van der Waals surface area contributed by atoms with E-state index in [-0.39, 0.29) is 47.6 Å². The van der Waals surface area contributed by atoms with Crippen molar-refractivity contribution in [3.63, 3.8) is 0 Å². The molecule has 0 aliphatic rings. The summed E-state index contributed by atoms with van der Waals surface area (Å²) in [7, 11) is -8.21. The van der Waals surface area contributed by atoms with Gasteiger partial charge in [0.15, 0.2) is 0 Å². The largest absolute Gasteiger partial charge is 0.454 e. The first kappa shape index (κ1) is 24.9. The minimum Gasteiger partial charge on any atom is -0.454 e. The molecule has 0 saturated heterocycles. The van der Waals surface area contributed by atoms with Crippen LogP contribution < -0.4 is 15.2 Å². The van der Waals surface area contributed by atoms with Crippen LogP contribution in [-0.4, -0.2) is 16.8 Å². The second-order valence-electron chi connectivity index (χ2n) is 7.28. The Labute approximate surface area is 213 Å². The zero-order valence-corrected chi connectivity index (χ0v) is 21.0. The normalized spacial score (nSPS) is 11.7. The third-order valence-corrected chi connectivity index (χ3v) is 8.87. The number of nitrogens with one attached hydrogen (secondary N) is 1. The molecular formula is C24H18Cl2N2O5S2. The van der Waals surface area contributed by atoms with E-state index in [1.54, 1.807) is 48.5 Å². The van der Waals surface area contributed by atoms with Gasteiger partial charge in [0.2, 0.25) is 9.84 Å². The van der Waals surface area contributed by atoms with Crippen molar-refractivity contribution in [1.29, 1.82) is 0 Å². The quantitative estimate of drug-likeness (QED) is 0.273. The molecule has 0 aromatic heterocycles. The first-order valence-corrected chi connectivity index (χ1v) is 13.8. The van der Waals surface area contributed by atoms with E-state index in [1.807, 2.05) is 0 Å². The Bertz CT molecular complexity index is 1600. The zero-order chi connectivity index (χ0) is 25.2. The molecule has 0 aliphatic heterocycles. The zero-order valence-electron chi connectivity index (χ0n) is 17.9. The highest BCUT2D eigenvalue weighted by Gasteiger charge is 2.26. The second-order valence-corrected chi connectivity index (χ2v) is 11.7. The fourth-order valence-electron chi connectivity index (χ4n) is 3.17. The molecule has 0 atom stereocenters. The maximum atomic E-state index is 13.5. The Morgan fingerprint density at radius 1 is 0.714 bits per heavy atom. The lowest BCUT2D eigenvalue weighted by Gasteiger charge is -2.17. The Balaban J connectivity index is 1.87. The number of sulfone groups is 1. The molecule has 4 aromatic rings. The molecule has 7 nitrogen and oxygen atoms in total. The van der Waals surface area contributed by atoms with Crippen LogP contribution in [0.1, 0.15) is 0 Å². The summed E-state index contributed by atoms with van der Waals surface area (Å²) >= 11 is 12.3. The van der Waals surface area contributed by atoms with Gasteiger partial charge in [0, 0.05) is 6.07 Å². The maximum Gasteiger partial charge on any atom is 0.261 e. The van der Waals surface area contributed by atoms with Crippen molar-refractivity contribution >= 4 is 54.4 Å². The highest BCUT2D eigenvalue weighted by molar-refractivity contribution is 7.93. The lowest BCUT2D eigenvalue weighted by Crippen LogP contribution is -2.15. The summed E-state index contributed by atoms with van der Waals surface area (Å²) < 4.78 is 61.0. The van der Waals surface area contributed by atoms with Gasteiger partial charge in [0.1, 0.15) is 21.4 Å². The van der Waals surface area contributed by atoms with E-state index in [0.717, 1.165) is 6.07 Å².